The third-order valence-corrected chi connectivity index (χ3v) is 7.37. The Bertz CT molecular complexity index is 1560. The summed E-state index contributed by atoms with van der Waals surface area (Å²) in [4.78, 5) is 25.8. The number of sulfone groups is 1. The SMILES string of the molecule is CCS(=O)(=O)c1ccc(CNC(=O)c2ccc3c(ccn3C(=O)c3ccc(OC(F)(F)F)cc3)c2)cc1. The molecule has 1 N–H and O–H groups in total. The van der Waals surface area contributed by atoms with E-state index in [1.54, 1.807) is 43.3 Å². The fourth-order valence-corrected chi connectivity index (χ4v) is 4.55. The van der Waals surface area contributed by atoms with E-state index in [1.165, 1.54) is 35.0 Å². The normalized spacial score (nSPS) is 11.9. The van der Waals surface area contributed by atoms with E-state index in [2.05, 4.69) is 10.1 Å². The zero-order valence-corrected chi connectivity index (χ0v) is 20.3. The second-order valence-electron chi connectivity index (χ2n) is 8.07. The molecular formula is C26H21F3N2O5S. The number of nitrogens with one attached hydrogen (secondary N) is 1. The van der Waals surface area contributed by atoms with Gasteiger partial charge in [0.25, 0.3) is 11.8 Å². The second kappa shape index (κ2) is 10.1. The number of halogens is 3. The Kier molecular flexibility index (Phi) is 7.08. The molecule has 0 aliphatic carbocycles. The molecule has 37 heavy (non-hydrogen) atoms. The summed E-state index contributed by atoms with van der Waals surface area (Å²) >= 11 is 0. The fraction of sp³-hybridized carbons (Fsp3) is 0.154. The molecule has 0 bridgehead atoms. The Labute approximate surface area is 210 Å². The van der Waals surface area contributed by atoms with Crippen LogP contribution < -0.4 is 10.1 Å². The molecular weight excluding hydrogens is 509 g/mol. The summed E-state index contributed by atoms with van der Waals surface area (Å²) in [6, 6.07) is 17.3. The zero-order chi connectivity index (χ0) is 26.8. The van der Waals surface area contributed by atoms with Crippen LogP contribution in [0.4, 0.5) is 13.2 Å². The summed E-state index contributed by atoms with van der Waals surface area (Å²) in [5.41, 5.74) is 1.76. The molecule has 4 rings (SSSR count). The van der Waals surface area contributed by atoms with Crippen LogP contribution in [-0.4, -0.2) is 36.9 Å². The van der Waals surface area contributed by atoms with Crippen LogP contribution in [0.25, 0.3) is 10.9 Å². The zero-order valence-electron chi connectivity index (χ0n) is 19.5. The lowest BCUT2D eigenvalue weighted by atomic mass is 10.1. The topological polar surface area (TPSA) is 94.5 Å². The summed E-state index contributed by atoms with van der Waals surface area (Å²) < 4.78 is 66.0. The Morgan fingerprint density at radius 1 is 0.919 bits per heavy atom. The van der Waals surface area contributed by atoms with Crippen LogP contribution in [0, 0.1) is 0 Å². The van der Waals surface area contributed by atoms with Crippen molar-refractivity contribution >= 4 is 32.6 Å². The first kappa shape index (κ1) is 26.0. The van der Waals surface area contributed by atoms with Gasteiger partial charge in [-0.05, 0) is 66.2 Å². The Balaban J connectivity index is 1.45. The molecule has 3 aromatic carbocycles. The van der Waals surface area contributed by atoms with Crippen molar-refractivity contribution in [2.45, 2.75) is 24.7 Å². The molecule has 192 valence electrons. The molecule has 0 saturated heterocycles. The van der Waals surface area contributed by atoms with Crippen LogP contribution in [0.5, 0.6) is 5.75 Å². The van der Waals surface area contributed by atoms with E-state index in [4.69, 9.17) is 0 Å². The molecule has 0 fully saturated rings. The minimum atomic E-state index is -4.82. The van der Waals surface area contributed by atoms with Gasteiger partial charge >= 0.3 is 6.36 Å². The summed E-state index contributed by atoms with van der Waals surface area (Å²) in [6.45, 7) is 1.76. The van der Waals surface area contributed by atoms with Crippen molar-refractivity contribution in [1.29, 1.82) is 0 Å². The average molecular weight is 531 g/mol. The number of fused-ring (bicyclic) bond motifs is 1. The van der Waals surface area contributed by atoms with E-state index < -0.39 is 27.9 Å². The molecule has 11 heteroatoms. The largest absolute Gasteiger partial charge is 0.573 e. The number of alkyl halides is 3. The van der Waals surface area contributed by atoms with Crippen molar-refractivity contribution in [3.05, 3.63) is 95.7 Å². The lowest BCUT2D eigenvalue weighted by molar-refractivity contribution is -0.274. The highest BCUT2D eigenvalue weighted by Gasteiger charge is 2.31. The third-order valence-electron chi connectivity index (χ3n) is 5.62. The van der Waals surface area contributed by atoms with Crippen LogP contribution in [-0.2, 0) is 16.4 Å². The molecule has 7 nitrogen and oxygen atoms in total. The molecule has 1 heterocycles. The Morgan fingerprint density at radius 3 is 2.19 bits per heavy atom. The molecule has 0 unspecified atom stereocenters. The van der Waals surface area contributed by atoms with E-state index in [9.17, 15) is 31.2 Å². The van der Waals surface area contributed by atoms with Gasteiger partial charge in [0.1, 0.15) is 5.75 Å². The predicted molar refractivity (Wildman–Crippen MR) is 130 cm³/mol. The molecule has 0 radical (unpaired) electrons. The number of ether oxygens (including phenoxy) is 1. The number of hydrogen-bond donors (Lipinski definition) is 1. The first-order valence-electron chi connectivity index (χ1n) is 11.1. The number of aromatic nitrogens is 1. The maximum Gasteiger partial charge on any atom is 0.573 e. The fourth-order valence-electron chi connectivity index (χ4n) is 3.66. The third kappa shape index (κ3) is 6.00. The van der Waals surface area contributed by atoms with Crippen molar-refractivity contribution in [2.24, 2.45) is 0 Å². The highest BCUT2D eigenvalue weighted by Crippen LogP contribution is 2.24. The van der Waals surface area contributed by atoms with Crippen LogP contribution in [0.3, 0.4) is 0 Å². The van der Waals surface area contributed by atoms with Gasteiger partial charge in [-0.3, -0.25) is 14.2 Å². The first-order valence-corrected chi connectivity index (χ1v) is 12.7. The molecule has 0 aliphatic heterocycles. The van der Waals surface area contributed by atoms with Crippen LogP contribution in [0.2, 0.25) is 0 Å². The minimum absolute atomic E-state index is 0.00207. The number of carbonyl (C=O) groups is 2. The number of hydrogen-bond acceptors (Lipinski definition) is 5. The van der Waals surface area contributed by atoms with Gasteiger partial charge in [0.15, 0.2) is 9.84 Å². The van der Waals surface area contributed by atoms with E-state index in [1.807, 2.05) is 0 Å². The van der Waals surface area contributed by atoms with Crippen molar-refractivity contribution in [2.75, 3.05) is 5.75 Å². The van der Waals surface area contributed by atoms with E-state index in [0.29, 0.717) is 16.5 Å². The number of carbonyl (C=O) groups excluding carboxylic acids is 2. The molecule has 4 aromatic rings. The summed E-state index contributed by atoms with van der Waals surface area (Å²) in [5, 5.41) is 3.39. The maximum absolute atomic E-state index is 12.9. The van der Waals surface area contributed by atoms with Gasteiger partial charge < -0.3 is 10.1 Å². The van der Waals surface area contributed by atoms with Gasteiger partial charge in [-0.1, -0.05) is 19.1 Å². The van der Waals surface area contributed by atoms with Gasteiger partial charge in [-0.2, -0.15) is 0 Å². The molecule has 0 saturated carbocycles. The van der Waals surface area contributed by atoms with Crippen LogP contribution in [0.15, 0.2) is 83.9 Å². The van der Waals surface area contributed by atoms with Gasteiger partial charge in [-0.15, -0.1) is 13.2 Å². The highest BCUT2D eigenvalue weighted by atomic mass is 32.2. The molecule has 0 atom stereocenters. The molecule has 0 spiro atoms. The average Bonchev–Trinajstić information content (AvgIpc) is 3.30. The van der Waals surface area contributed by atoms with Crippen LogP contribution >= 0.6 is 0 Å². The lowest BCUT2D eigenvalue weighted by Gasteiger charge is -2.10. The molecule has 0 aliphatic rings. The Morgan fingerprint density at radius 2 is 1.57 bits per heavy atom. The standard InChI is InChI=1S/C26H21F3N2O5S/c1-2-37(34,35)22-10-3-17(4-11-22)16-30-24(32)20-7-12-23-19(15-20)13-14-31(23)25(33)18-5-8-21(9-6-18)36-26(27,28)29/h3-15H,2,16H2,1H3,(H,30,32). The summed E-state index contributed by atoms with van der Waals surface area (Å²) in [7, 11) is -3.30. The molecule has 1 amide bonds. The minimum Gasteiger partial charge on any atom is -0.406 e. The first-order chi connectivity index (χ1) is 17.5. The maximum atomic E-state index is 12.9. The van der Waals surface area contributed by atoms with Gasteiger partial charge in [0, 0.05) is 29.3 Å². The summed E-state index contributed by atoms with van der Waals surface area (Å²) in [6.07, 6.45) is -3.31. The van der Waals surface area contributed by atoms with Gasteiger partial charge in [-0.25, -0.2) is 8.42 Å². The van der Waals surface area contributed by atoms with Crippen molar-refractivity contribution in [3.63, 3.8) is 0 Å². The van der Waals surface area contributed by atoms with Crippen molar-refractivity contribution < 1.29 is 35.9 Å². The van der Waals surface area contributed by atoms with E-state index in [-0.39, 0.29) is 28.7 Å². The van der Waals surface area contributed by atoms with Crippen molar-refractivity contribution in [1.82, 2.24) is 9.88 Å². The predicted octanol–water partition coefficient (Wildman–Crippen LogP) is 4.95. The number of amides is 1. The molecule has 1 aromatic heterocycles. The number of benzene rings is 3. The number of nitrogens with zero attached hydrogens (tertiary/aromatic N) is 1. The van der Waals surface area contributed by atoms with Crippen molar-refractivity contribution in [3.8, 4) is 5.75 Å². The van der Waals surface area contributed by atoms with E-state index in [0.717, 1.165) is 17.7 Å². The summed E-state index contributed by atoms with van der Waals surface area (Å²) in [5.74, 6) is -1.24. The van der Waals surface area contributed by atoms with Gasteiger partial charge in [0.2, 0.25) is 0 Å². The Hall–Kier alpha value is -4.12. The lowest BCUT2D eigenvalue weighted by Crippen LogP contribution is -2.22. The quantitative estimate of drug-likeness (QED) is 0.365. The highest BCUT2D eigenvalue weighted by molar-refractivity contribution is 7.91. The van der Waals surface area contributed by atoms with Gasteiger partial charge in [0.05, 0.1) is 16.2 Å². The smallest absolute Gasteiger partial charge is 0.406 e. The number of rotatable bonds is 7. The van der Waals surface area contributed by atoms with E-state index >= 15 is 0 Å². The monoisotopic (exact) mass is 530 g/mol. The second-order valence-corrected chi connectivity index (χ2v) is 10.3. The van der Waals surface area contributed by atoms with Crippen LogP contribution in [0.1, 0.15) is 33.2 Å².